The normalized spacial score (nSPS) is 10.3. The van der Waals surface area contributed by atoms with Crippen molar-refractivity contribution in [2.75, 3.05) is 12.3 Å². The van der Waals surface area contributed by atoms with Crippen LogP contribution >= 0.6 is 27.3 Å². The van der Waals surface area contributed by atoms with Crippen molar-refractivity contribution in [1.82, 2.24) is 4.98 Å². The summed E-state index contributed by atoms with van der Waals surface area (Å²) in [6.45, 7) is 0.637. The molecule has 1 aromatic heterocycles. The average Bonchev–Trinajstić information content (AvgIpc) is 2.64. The monoisotopic (exact) mass is 298 g/mol. The van der Waals surface area contributed by atoms with Crippen molar-refractivity contribution in [2.45, 2.75) is 6.42 Å². The van der Waals surface area contributed by atoms with E-state index in [4.69, 9.17) is 10.5 Å². The minimum Gasteiger partial charge on any atom is -0.493 e. The van der Waals surface area contributed by atoms with Gasteiger partial charge in [-0.05, 0) is 18.2 Å². The molecule has 0 fully saturated rings. The summed E-state index contributed by atoms with van der Waals surface area (Å²) < 4.78 is 6.63. The first-order valence-corrected chi connectivity index (χ1v) is 6.43. The number of aromatic nitrogens is 1. The van der Waals surface area contributed by atoms with Crippen LogP contribution in [0, 0.1) is 0 Å². The molecule has 0 bridgehead atoms. The predicted molar refractivity (Wildman–Crippen MR) is 69.9 cm³/mol. The number of halogens is 1. The number of anilines is 1. The minimum atomic E-state index is 0.609. The van der Waals surface area contributed by atoms with Crippen molar-refractivity contribution < 1.29 is 4.74 Å². The molecule has 84 valence electrons. The van der Waals surface area contributed by atoms with Crippen molar-refractivity contribution in [3.63, 3.8) is 0 Å². The molecule has 16 heavy (non-hydrogen) atoms. The fourth-order valence-corrected chi connectivity index (χ4v) is 2.31. The first-order chi connectivity index (χ1) is 7.74. The summed E-state index contributed by atoms with van der Waals surface area (Å²) in [5.41, 5.74) is 5.54. The number of nitrogens with zero attached hydrogens (tertiary/aromatic N) is 1. The molecular weight excluding hydrogens is 288 g/mol. The largest absolute Gasteiger partial charge is 0.493 e. The number of thiazole rings is 1. The maximum absolute atomic E-state index is 5.61. The van der Waals surface area contributed by atoms with E-state index in [2.05, 4.69) is 20.9 Å². The molecule has 0 aliphatic carbocycles. The van der Waals surface area contributed by atoms with Gasteiger partial charge in [-0.3, -0.25) is 0 Å². The summed E-state index contributed by atoms with van der Waals surface area (Å²) in [7, 11) is 0. The van der Waals surface area contributed by atoms with E-state index in [0.717, 1.165) is 21.5 Å². The van der Waals surface area contributed by atoms with Crippen molar-refractivity contribution >= 4 is 32.4 Å². The van der Waals surface area contributed by atoms with Crippen LogP contribution in [0.1, 0.15) is 4.88 Å². The van der Waals surface area contributed by atoms with Gasteiger partial charge in [0.2, 0.25) is 0 Å². The molecule has 0 amide bonds. The molecule has 0 atom stereocenters. The van der Waals surface area contributed by atoms with Crippen LogP contribution in [0.25, 0.3) is 0 Å². The molecule has 0 saturated heterocycles. The van der Waals surface area contributed by atoms with Crippen molar-refractivity contribution in [2.24, 2.45) is 0 Å². The quantitative estimate of drug-likeness (QED) is 0.943. The fourth-order valence-electron chi connectivity index (χ4n) is 1.26. The molecule has 5 heteroatoms. The Hall–Kier alpha value is -1.07. The van der Waals surface area contributed by atoms with Crippen LogP contribution in [-0.2, 0) is 6.42 Å². The van der Waals surface area contributed by atoms with E-state index in [1.54, 1.807) is 6.20 Å². The second-order valence-corrected chi connectivity index (χ2v) is 5.28. The molecule has 0 unspecified atom stereocenters. The van der Waals surface area contributed by atoms with Crippen LogP contribution in [0.15, 0.2) is 34.9 Å². The van der Waals surface area contributed by atoms with E-state index in [1.165, 1.54) is 11.3 Å². The van der Waals surface area contributed by atoms with Gasteiger partial charge in [-0.15, -0.1) is 11.3 Å². The maximum atomic E-state index is 5.61. The lowest BCUT2D eigenvalue weighted by Gasteiger charge is -2.04. The zero-order chi connectivity index (χ0) is 11.4. The van der Waals surface area contributed by atoms with Gasteiger partial charge in [0, 0.05) is 22.0 Å². The van der Waals surface area contributed by atoms with Crippen LogP contribution in [0.5, 0.6) is 5.75 Å². The van der Waals surface area contributed by atoms with E-state index in [0.29, 0.717) is 11.7 Å². The van der Waals surface area contributed by atoms with Crippen LogP contribution in [0.3, 0.4) is 0 Å². The molecule has 0 spiro atoms. The molecule has 2 N–H and O–H groups in total. The van der Waals surface area contributed by atoms with E-state index in [9.17, 15) is 0 Å². The number of hydrogen-bond donors (Lipinski definition) is 1. The lowest BCUT2D eigenvalue weighted by molar-refractivity contribution is 0.322. The van der Waals surface area contributed by atoms with Crippen molar-refractivity contribution in [3.8, 4) is 5.75 Å². The molecule has 0 aliphatic rings. The number of nitrogen functional groups attached to an aromatic ring is 1. The van der Waals surface area contributed by atoms with E-state index >= 15 is 0 Å². The highest BCUT2D eigenvalue weighted by Crippen LogP contribution is 2.19. The average molecular weight is 299 g/mol. The lowest BCUT2D eigenvalue weighted by Crippen LogP contribution is -1.99. The van der Waals surface area contributed by atoms with E-state index in [-0.39, 0.29) is 0 Å². The van der Waals surface area contributed by atoms with Gasteiger partial charge in [0.1, 0.15) is 5.75 Å². The number of benzene rings is 1. The van der Waals surface area contributed by atoms with Crippen molar-refractivity contribution in [3.05, 3.63) is 39.8 Å². The Balaban J connectivity index is 1.84. The third kappa shape index (κ3) is 3.21. The molecule has 3 nitrogen and oxygen atoms in total. The van der Waals surface area contributed by atoms with Gasteiger partial charge in [-0.25, -0.2) is 4.98 Å². The number of rotatable bonds is 4. The Morgan fingerprint density at radius 1 is 1.44 bits per heavy atom. The molecule has 0 radical (unpaired) electrons. The van der Waals surface area contributed by atoms with Crippen LogP contribution in [-0.4, -0.2) is 11.6 Å². The number of ether oxygens (including phenoxy) is 1. The third-order valence-electron chi connectivity index (χ3n) is 1.98. The lowest BCUT2D eigenvalue weighted by atomic mass is 10.3. The predicted octanol–water partition coefficient (Wildman–Crippen LogP) is 3.11. The summed E-state index contributed by atoms with van der Waals surface area (Å²) in [5.74, 6) is 0.867. The Morgan fingerprint density at radius 2 is 2.31 bits per heavy atom. The standard InChI is InChI=1S/C11H11BrN2OS/c12-8-2-1-3-9(6-8)15-5-4-10-7-14-11(13)16-10/h1-3,6-7H,4-5H2,(H2,13,14). The highest BCUT2D eigenvalue weighted by atomic mass is 79.9. The Labute approximate surface area is 106 Å². The first-order valence-electron chi connectivity index (χ1n) is 4.82. The summed E-state index contributed by atoms with van der Waals surface area (Å²) in [5, 5.41) is 0.609. The maximum Gasteiger partial charge on any atom is 0.180 e. The van der Waals surface area contributed by atoms with Gasteiger partial charge in [0.15, 0.2) is 5.13 Å². The van der Waals surface area contributed by atoms with Gasteiger partial charge in [0.25, 0.3) is 0 Å². The Bertz CT molecular complexity index is 473. The van der Waals surface area contributed by atoms with Crippen LogP contribution in [0.2, 0.25) is 0 Å². The molecule has 1 aromatic carbocycles. The Kier molecular flexibility index (Phi) is 3.79. The van der Waals surface area contributed by atoms with E-state index in [1.807, 2.05) is 24.3 Å². The smallest absolute Gasteiger partial charge is 0.180 e. The van der Waals surface area contributed by atoms with Gasteiger partial charge in [-0.2, -0.15) is 0 Å². The van der Waals surface area contributed by atoms with Gasteiger partial charge in [-0.1, -0.05) is 22.0 Å². The Morgan fingerprint density at radius 3 is 3.00 bits per heavy atom. The SMILES string of the molecule is Nc1ncc(CCOc2cccc(Br)c2)s1. The topological polar surface area (TPSA) is 48.1 Å². The van der Waals surface area contributed by atoms with E-state index < -0.39 is 0 Å². The highest BCUT2D eigenvalue weighted by Gasteiger charge is 1.99. The summed E-state index contributed by atoms with van der Waals surface area (Å²) in [4.78, 5) is 5.14. The third-order valence-corrected chi connectivity index (χ3v) is 3.36. The summed E-state index contributed by atoms with van der Waals surface area (Å²) in [6, 6.07) is 7.80. The minimum absolute atomic E-state index is 0.609. The zero-order valence-corrected chi connectivity index (χ0v) is 10.9. The summed E-state index contributed by atoms with van der Waals surface area (Å²) in [6.07, 6.45) is 2.63. The van der Waals surface area contributed by atoms with Crippen molar-refractivity contribution in [1.29, 1.82) is 0 Å². The number of nitrogens with two attached hydrogens (primary N) is 1. The molecule has 2 aromatic rings. The second kappa shape index (κ2) is 5.32. The molecular formula is C11H11BrN2OS. The highest BCUT2D eigenvalue weighted by molar-refractivity contribution is 9.10. The molecule has 0 aliphatic heterocycles. The molecule has 0 saturated carbocycles. The molecule has 2 rings (SSSR count). The van der Waals surface area contributed by atoms with Gasteiger partial charge < -0.3 is 10.5 Å². The molecule has 1 heterocycles. The zero-order valence-electron chi connectivity index (χ0n) is 8.52. The van der Waals surface area contributed by atoms with Gasteiger partial charge >= 0.3 is 0 Å². The fraction of sp³-hybridized carbons (Fsp3) is 0.182. The second-order valence-electron chi connectivity index (χ2n) is 3.22. The van der Waals surface area contributed by atoms with Gasteiger partial charge in [0.05, 0.1) is 6.61 Å². The van der Waals surface area contributed by atoms with Crippen LogP contribution in [0.4, 0.5) is 5.13 Å². The first kappa shape index (κ1) is 11.4. The van der Waals surface area contributed by atoms with Crippen LogP contribution < -0.4 is 10.5 Å². The summed E-state index contributed by atoms with van der Waals surface area (Å²) >= 11 is 4.90. The number of hydrogen-bond acceptors (Lipinski definition) is 4.